The van der Waals surface area contributed by atoms with Crippen LogP contribution in [-0.2, 0) is 16.0 Å². The Morgan fingerprint density at radius 2 is 1.78 bits per heavy atom. The number of rotatable bonds is 5. The molecule has 5 nitrogen and oxygen atoms in total. The van der Waals surface area contributed by atoms with E-state index in [0.717, 1.165) is 66.8 Å². The summed E-state index contributed by atoms with van der Waals surface area (Å²) < 4.78 is 23.5. The minimum absolute atomic E-state index is 0.200. The van der Waals surface area contributed by atoms with Gasteiger partial charge in [0.2, 0.25) is 0 Å². The van der Waals surface area contributed by atoms with Crippen molar-refractivity contribution in [3.05, 3.63) is 23.8 Å². The average Bonchev–Trinajstić information content (AvgIpc) is 3.37. The van der Waals surface area contributed by atoms with Crippen molar-refractivity contribution >= 4 is 0 Å². The summed E-state index contributed by atoms with van der Waals surface area (Å²) >= 11 is 0. The van der Waals surface area contributed by atoms with Crippen LogP contribution in [0.4, 0.5) is 0 Å². The monoisotopic (exact) mass is 369 g/mol. The van der Waals surface area contributed by atoms with Crippen molar-refractivity contribution in [2.24, 2.45) is 47.3 Å². The third kappa shape index (κ3) is 1.58. The zero-order valence-electron chi connectivity index (χ0n) is 15.9. The fourth-order valence-corrected chi connectivity index (χ4v) is 8.81. The van der Waals surface area contributed by atoms with Gasteiger partial charge in [0.25, 0.3) is 0 Å². The van der Waals surface area contributed by atoms with E-state index in [2.05, 4.69) is 17.4 Å². The van der Waals surface area contributed by atoms with Crippen LogP contribution < -0.4 is 14.8 Å². The summed E-state index contributed by atoms with van der Waals surface area (Å²) in [5, 5.41) is 3.96. The second-order valence-corrected chi connectivity index (χ2v) is 9.44. The van der Waals surface area contributed by atoms with Crippen molar-refractivity contribution in [2.75, 3.05) is 27.4 Å². The fourth-order valence-electron chi connectivity index (χ4n) is 8.81. The quantitative estimate of drug-likeness (QED) is 0.863. The Morgan fingerprint density at radius 3 is 2.56 bits per heavy atom. The van der Waals surface area contributed by atoms with Crippen molar-refractivity contribution < 1.29 is 18.9 Å². The minimum Gasteiger partial charge on any atom is -0.493 e. The summed E-state index contributed by atoms with van der Waals surface area (Å²) in [5.74, 6) is 7.81. The molecular weight excluding hydrogens is 342 g/mol. The van der Waals surface area contributed by atoms with Crippen LogP contribution in [0.1, 0.15) is 12.0 Å². The Bertz CT molecular complexity index is 806. The molecule has 1 aliphatic heterocycles. The van der Waals surface area contributed by atoms with Gasteiger partial charge in [-0.2, -0.15) is 0 Å². The Kier molecular flexibility index (Phi) is 2.89. The summed E-state index contributed by atoms with van der Waals surface area (Å²) in [7, 11) is 3.38. The van der Waals surface area contributed by atoms with Gasteiger partial charge in [-0.05, 0) is 59.6 Å². The van der Waals surface area contributed by atoms with Gasteiger partial charge in [0.1, 0.15) is 0 Å². The van der Waals surface area contributed by atoms with E-state index in [1.807, 2.05) is 6.07 Å². The van der Waals surface area contributed by atoms with Crippen LogP contribution in [-0.4, -0.2) is 39.3 Å². The van der Waals surface area contributed by atoms with E-state index in [0.29, 0.717) is 17.9 Å². The number of hydrogen-bond donors (Lipinski definition) is 1. The minimum atomic E-state index is -0.200. The van der Waals surface area contributed by atoms with Crippen LogP contribution in [0.15, 0.2) is 18.2 Å². The van der Waals surface area contributed by atoms with Gasteiger partial charge in [-0.1, -0.05) is 6.07 Å². The molecular formula is C22H27NO4. The molecule has 7 rings (SSSR count). The maximum Gasteiger partial charge on any atom is 0.175 e. The van der Waals surface area contributed by atoms with Crippen LogP contribution in [0.3, 0.4) is 0 Å². The van der Waals surface area contributed by atoms with E-state index in [1.54, 1.807) is 14.2 Å². The summed E-state index contributed by atoms with van der Waals surface area (Å²) in [6.45, 7) is 2.48. The molecule has 1 aromatic rings. The lowest BCUT2D eigenvalue weighted by Crippen LogP contribution is -2.62. The van der Waals surface area contributed by atoms with Crippen LogP contribution in [0.2, 0.25) is 0 Å². The van der Waals surface area contributed by atoms with Gasteiger partial charge in [0.15, 0.2) is 17.3 Å². The van der Waals surface area contributed by atoms with E-state index < -0.39 is 0 Å². The Labute approximate surface area is 159 Å². The van der Waals surface area contributed by atoms with Crippen molar-refractivity contribution in [1.82, 2.24) is 5.32 Å². The molecule has 6 fully saturated rings. The highest BCUT2D eigenvalue weighted by molar-refractivity contribution is 5.43. The summed E-state index contributed by atoms with van der Waals surface area (Å²) in [5.41, 5.74) is 1.26. The van der Waals surface area contributed by atoms with Gasteiger partial charge >= 0.3 is 0 Å². The molecule has 1 spiro atoms. The molecule has 5 saturated carbocycles. The maximum absolute atomic E-state index is 6.35. The molecule has 2 bridgehead atoms. The van der Waals surface area contributed by atoms with Crippen LogP contribution in [0, 0.1) is 47.3 Å². The molecule has 27 heavy (non-hydrogen) atoms. The average molecular weight is 369 g/mol. The molecule has 1 heterocycles. The van der Waals surface area contributed by atoms with Crippen molar-refractivity contribution in [2.45, 2.75) is 24.8 Å². The molecule has 9 atom stereocenters. The third-order valence-electron chi connectivity index (χ3n) is 9.11. The SMILES string of the molecule is COc1ccc(CN[C@@H]2[C@H]3[C@H]4[C@@H]5C[C@@H]6[C@H]4[C@H]3C3(OCCO3)[C@@H]6[C@@H]52)cc1OC. The first-order valence-corrected chi connectivity index (χ1v) is 10.5. The van der Waals surface area contributed by atoms with E-state index in [1.165, 1.54) is 12.0 Å². The van der Waals surface area contributed by atoms with E-state index in [9.17, 15) is 0 Å². The van der Waals surface area contributed by atoms with E-state index in [-0.39, 0.29) is 5.79 Å². The van der Waals surface area contributed by atoms with Gasteiger partial charge < -0.3 is 24.3 Å². The number of hydrogen-bond acceptors (Lipinski definition) is 5. The van der Waals surface area contributed by atoms with Crippen LogP contribution in [0.5, 0.6) is 11.5 Å². The lowest BCUT2D eigenvalue weighted by molar-refractivity contribution is -0.264. The standard InChI is InChI=1S/C22H27NO4/c1-24-13-4-3-10(7-14(13)25-2)9-23-21-17-11-8-12-16-15(11)18(21)20(16)22(19(12)17)26-5-6-27-22/h3-4,7,11-12,15-21,23H,5-6,8-9H2,1-2H3/t11-,12+,15-,16+,17+,18-,19-,20+,21-/m0/s1. The molecule has 0 aromatic heterocycles. The molecule has 0 radical (unpaired) electrons. The second kappa shape index (κ2) is 5.00. The predicted octanol–water partition coefficient (Wildman–Crippen LogP) is 2.29. The first-order valence-electron chi connectivity index (χ1n) is 10.5. The zero-order valence-corrected chi connectivity index (χ0v) is 15.9. The lowest BCUT2D eigenvalue weighted by atomic mass is 9.57. The highest BCUT2D eigenvalue weighted by Crippen LogP contribution is 2.86. The smallest absolute Gasteiger partial charge is 0.175 e. The van der Waals surface area contributed by atoms with Gasteiger partial charge in [-0.15, -0.1) is 0 Å². The summed E-state index contributed by atoms with van der Waals surface area (Å²) in [6, 6.07) is 6.88. The van der Waals surface area contributed by atoms with E-state index in [4.69, 9.17) is 18.9 Å². The molecule has 5 aliphatic carbocycles. The van der Waals surface area contributed by atoms with E-state index >= 15 is 0 Å². The Hall–Kier alpha value is -1.30. The number of fused-ring (bicyclic) bond motifs is 4. The topological polar surface area (TPSA) is 49.0 Å². The zero-order chi connectivity index (χ0) is 17.9. The molecule has 1 aromatic carbocycles. The van der Waals surface area contributed by atoms with Gasteiger partial charge in [0.05, 0.1) is 27.4 Å². The number of methoxy groups -OCH3 is 2. The molecule has 0 unspecified atom stereocenters. The first-order chi connectivity index (χ1) is 13.3. The highest BCUT2D eigenvalue weighted by Gasteiger charge is 2.88. The van der Waals surface area contributed by atoms with Gasteiger partial charge in [-0.3, -0.25) is 0 Å². The summed E-state index contributed by atoms with van der Waals surface area (Å²) in [4.78, 5) is 0. The Morgan fingerprint density at radius 1 is 0.963 bits per heavy atom. The summed E-state index contributed by atoms with van der Waals surface area (Å²) in [6.07, 6.45) is 1.43. The van der Waals surface area contributed by atoms with Gasteiger partial charge in [-0.25, -0.2) is 0 Å². The molecule has 6 aliphatic rings. The fraction of sp³-hybridized carbons (Fsp3) is 0.727. The Balaban J connectivity index is 1.16. The van der Waals surface area contributed by atoms with Crippen LogP contribution in [0.25, 0.3) is 0 Å². The van der Waals surface area contributed by atoms with Crippen molar-refractivity contribution in [1.29, 1.82) is 0 Å². The number of ether oxygens (including phenoxy) is 4. The molecule has 1 N–H and O–H groups in total. The van der Waals surface area contributed by atoms with Crippen molar-refractivity contribution in [3.8, 4) is 11.5 Å². The molecule has 1 saturated heterocycles. The predicted molar refractivity (Wildman–Crippen MR) is 97.3 cm³/mol. The van der Waals surface area contributed by atoms with Gasteiger partial charge in [0, 0.05) is 24.4 Å². The second-order valence-electron chi connectivity index (χ2n) is 9.44. The molecule has 5 heteroatoms. The lowest BCUT2D eigenvalue weighted by Gasteiger charge is -2.54. The van der Waals surface area contributed by atoms with Crippen molar-refractivity contribution in [3.63, 3.8) is 0 Å². The normalized spacial score (nSPS) is 48.6. The van der Waals surface area contributed by atoms with Crippen LogP contribution >= 0.6 is 0 Å². The maximum atomic E-state index is 6.35. The number of benzene rings is 1. The molecule has 144 valence electrons. The number of nitrogens with one attached hydrogen (secondary N) is 1. The largest absolute Gasteiger partial charge is 0.493 e. The molecule has 0 amide bonds. The first kappa shape index (κ1) is 15.6. The highest BCUT2D eigenvalue weighted by atomic mass is 16.7. The third-order valence-corrected chi connectivity index (χ3v) is 9.11.